The number of rotatable bonds is 4. The van der Waals surface area contributed by atoms with Crippen LogP contribution in [0.25, 0.3) is 53.1 Å². The van der Waals surface area contributed by atoms with Gasteiger partial charge in [-0.1, -0.05) is 84.9 Å². The van der Waals surface area contributed by atoms with Crippen LogP contribution in [0.1, 0.15) is 0 Å². The topological polar surface area (TPSA) is 19.0 Å². The van der Waals surface area contributed by atoms with Crippen LogP contribution in [0.2, 0.25) is 0 Å². The third-order valence-electron chi connectivity index (χ3n) is 7.58. The molecule has 0 spiro atoms. The van der Waals surface area contributed by atoms with E-state index in [0.717, 1.165) is 22.6 Å². The SMILES string of the molecule is c1ccc(N(c2ccccc2)c2cc(-c3cccc4sc5ccccc5c34)c3[nH]c4ccccc4c3c2)cc1. The minimum absolute atomic E-state index is 1.13. The number of anilines is 3. The smallest absolute Gasteiger partial charge is 0.0546 e. The van der Waals surface area contributed by atoms with Crippen molar-refractivity contribution in [2.45, 2.75) is 0 Å². The highest BCUT2D eigenvalue weighted by atomic mass is 32.1. The number of aromatic amines is 1. The Morgan fingerprint density at radius 2 is 1.10 bits per heavy atom. The van der Waals surface area contributed by atoms with Crippen LogP contribution in [-0.4, -0.2) is 4.98 Å². The summed E-state index contributed by atoms with van der Waals surface area (Å²) in [4.78, 5) is 6.14. The number of nitrogens with one attached hydrogen (secondary N) is 1. The summed E-state index contributed by atoms with van der Waals surface area (Å²) in [6.45, 7) is 0. The first-order valence-corrected chi connectivity index (χ1v) is 14.0. The van der Waals surface area contributed by atoms with Crippen LogP contribution in [0.3, 0.4) is 0 Å². The van der Waals surface area contributed by atoms with Crippen molar-refractivity contribution in [2.24, 2.45) is 0 Å². The molecule has 39 heavy (non-hydrogen) atoms. The highest BCUT2D eigenvalue weighted by Gasteiger charge is 2.20. The molecule has 6 aromatic carbocycles. The molecule has 184 valence electrons. The molecule has 2 heterocycles. The minimum Gasteiger partial charge on any atom is -0.354 e. The van der Waals surface area contributed by atoms with Gasteiger partial charge in [-0.15, -0.1) is 11.3 Å². The Hall–Kier alpha value is -4.86. The maximum Gasteiger partial charge on any atom is 0.0546 e. The summed E-state index contributed by atoms with van der Waals surface area (Å²) < 4.78 is 2.63. The van der Waals surface area contributed by atoms with Crippen molar-refractivity contribution in [1.29, 1.82) is 0 Å². The van der Waals surface area contributed by atoms with Crippen molar-refractivity contribution in [3.05, 3.63) is 140 Å². The normalized spacial score (nSPS) is 11.6. The Bertz CT molecular complexity index is 2080. The summed E-state index contributed by atoms with van der Waals surface area (Å²) in [5.41, 5.74) is 8.19. The van der Waals surface area contributed by atoms with Crippen molar-refractivity contribution in [2.75, 3.05) is 4.90 Å². The molecular formula is C36H24N2S. The highest BCUT2D eigenvalue weighted by Crippen LogP contribution is 2.46. The van der Waals surface area contributed by atoms with Gasteiger partial charge in [0.2, 0.25) is 0 Å². The van der Waals surface area contributed by atoms with Crippen LogP contribution in [0.5, 0.6) is 0 Å². The Morgan fingerprint density at radius 3 is 1.87 bits per heavy atom. The molecule has 0 aliphatic rings. The number of hydrogen-bond acceptors (Lipinski definition) is 2. The molecule has 0 aliphatic heterocycles. The van der Waals surface area contributed by atoms with E-state index in [1.54, 1.807) is 0 Å². The van der Waals surface area contributed by atoms with Crippen LogP contribution in [0, 0.1) is 0 Å². The first-order valence-electron chi connectivity index (χ1n) is 13.2. The van der Waals surface area contributed by atoms with Gasteiger partial charge in [-0.25, -0.2) is 0 Å². The molecule has 0 radical (unpaired) electrons. The van der Waals surface area contributed by atoms with Crippen LogP contribution in [0.15, 0.2) is 140 Å². The lowest BCUT2D eigenvalue weighted by Gasteiger charge is -2.26. The molecule has 0 unspecified atom stereocenters. The van der Waals surface area contributed by atoms with Gasteiger partial charge in [-0.2, -0.15) is 0 Å². The van der Waals surface area contributed by atoms with Gasteiger partial charge >= 0.3 is 0 Å². The number of nitrogens with zero attached hydrogens (tertiary/aromatic N) is 1. The zero-order valence-corrected chi connectivity index (χ0v) is 22.0. The fourth-order valence-electron chi connectivity index (χ4n) is 5.88. The fraction of sp³-hybridized carbons (Fsp3) is 0. The second kappa shape index (κ2) is 8.87. The first-order chi connectivity index (χ1) is 19.3. The molecule has 0 atom stereocenters. The summed E-state index contributed by atoms with van der Waals surface area (Å²) in [5, 5.41) is 5.09. The quantitative estimate of drug-likeness (QED) is 0.246. The monoisotopic (exact) mass is 516 g/mol. The molecule has 2 aromatic heterocycles. The lowest BCUT2D eigenvalue weighted by molar-refractivity contribution is 1.29. The predicted octanol–water partition coefficient (Wildman–Crippen LogP) is 10.8. The molecule has 0 saturated carbocycles. The van der Waals surface area contributed by atoms with Crippen LogP contribution in [-0.2, 0) is 0 Å². The summed E-state index contributed by atoms with van der Waals surface area (Å²) in [5.74, 6) is 0. The number of H-pyrrole nitrogens is 1. The molecule has 8 rings (SSSR count). The molecule has 1 N–H and O–H groups in total. The van der Waals surface area contributed by atoms with E-state index in [9.17, 15) is 0 Å². The molecule has 2 nitrogen and oxygen atoms in total. The third kappa shape index (κ3) is 3.55. The third-order valence-corrected chi connectivity index (χ3v) is 8.72. The standard InChI is InChI=1S/C36H24N2S/c1-3-12-24(13-4-1)38(25-14-5-2-6-15-25)26-22-30-27-16-7-9-19-32(27)37-36(30)31(23-26)28-18-11-21-34-35(28)29-17-8-10-20-33(29)39-34/h1-23,37H. The van der Waals surface area contributed by atoms with Gasteiger partial charge in [0.1, 0.15) is 0 Å². The molecule has 3 heteroatoms. The van der Waals surface area contributed by atoms with E-state index in [4.69, 9.17) is 0 Å². The molecule has 0 aliphatic carbocycles. The molecule has 0 amide bonds. The van der Waals surface area contributed by atoms with Gasteiger partial charge in [-0.3, -0.25) is 0 Å². The fourth-order valence-corrected chi connectivity index (χ4v) is 7.01. The second-order valence-corrected chi connectivity index (χ2v) is 11.0. The Balaban J connectivity index is 1.50. The zero-order valence-electron chi connectivity index (χ0n) is 21.1. The van der Waals surface area contributed by atoms with Gasteiger partial charge in [0.25, 0.3) is 0 Å². The molecule has 0 fully saturated rings. The Kier molecular flexibility index (Phi) is 5.04. The van der Waals surface area contributed by atoms with Gasteiger partial charge in [0, 0.05) is 59.1 Å². The van der Waals surface area contributed by atoms with Crippen molar-refractivity contribution in [3.63, 3.8) is 0 Å². The van der Waals surface area contributed by atoms with Gasteiger partial charge in [0.15, 0.2) is 0 Å². The van der Waals surface area contributed by atoms with E-state index in [1.807, 2.05) is 11.3 Å². The van der Waals surface area contributed by atoms with Crippen LogP contribution in [0.4, 0.5) is 17.1 Å². The van der Waals surface area contributed by atoms with E-state index in [2.05, 4.69) is 149 Å². The zero-order chi connectivity index (χ0) is 25.8. The average Bonchev–Trinajstić information content (AvgIpc) is 3.57. The van der Waals surface area contributed by atoms with E-state index in [1.165, 1.54) is 47.6 Å². The number of para-hydroxylation sites is 3. The number of benzene rings is 6. The molecule has 0 bridgehead atoms. The van der Waals surface area contributed by atoms with E-state index in [0.29, 0.717) is 0 Å². The van der Waals surface area contributed by atoms with Gasteiger partial charge in [-0.05, 0) is 60.2 Å². The number of hydrogen-bond donors (Lipinski definition) is 1. The Morgan fingerprint density at radius 1 is 0.462 bits per heavy atom. The number of thiophene rings is 1. The first kappa shape index (κ1) is 22.2. The summed E-state index contributed by atoms with van der Waals surface area (Å²) >= 11 is 1.86. The van der Waals surface area contributed by atoms with E-state index >= 15 is 0 Å². The van der Waals surface area contributed by atoms with Crippen molar-refractivity contribution in [3.8, 4) is 11.1 Å². The summed E-state index contributed by atoms with van der Waals surface area (Å²) in [7, 11) is 0. The van der Waals surface area contributed by atoms with E-state index in [-0.39, 0.29) is 0 Å². The maximum atomic E-state index is 3.78. The van der Waals surface area contributed by atoms with Crippen molar-refractivity contribution >= 4 is 70.4 Å². The highest BCUT2D eigenvalue weighted by molar-refractivity contribution is 7.25. The molecular weight excluding hydrogens is 492 g/mol. The van der Waals surface area contributed by atoms with Gasteiger partial charge < -0.3 is 9.88 Å². The molecule has 8 aromatic rings. The van der Waals surface area contributed by atoms with E-state index < -0.39 is 0 Å². The maximum absolute atomic E-state index is 3.78. The predicted molar refractivity (Wildman–Crippen MR) is 169 cm³/mol. The summed E-state index contributed by atoms with van der Waals surface area (Å²) in [6.07, 6.45) is 0. The van der Waals surface area contributed by atoms with Crippen LogP contribution < -0.4 is 4.90 Å². The van der Waals surface area contributed by atoms with Crippen molar-refractivity contribution < 1.29 is 0 Å². The minimum atomic E-state index is 1.13. The number of aromatic nitrogens is 1. The second-order valence-electron chi connectivity index (χ2n) is 9.87. The summed E-state index contributed by atoms with van der Waals surface area (Å²) in [6, 6.07) is 50.1. The lowest BCUT2D eigenvalue weighted by Crippen LogP contribution is -2.09. The van der Waals surface area contributed by atoms with Crippen molar-refractivity contribution in [1.82, 2.24) is 4.98 Å². The molecule has 0 saturated heterocycles. The van der Waals surface area contributed by atoms with Crippen LogP contribution >= 0.6 is 11.3 Å². The Labute approximate surface area is 230 Å². The van der Waals surface area contributed by atoms with Gasteiger partial charge in [0.05, 0.1) is 5.52 Å². The number of fused-ring (bicyclic) bond motifs is 6. The lowest BCUT2D eigenvalue weighted by atomic mass is 9.96. The largest absolute Gasteiger partial charge is 0.354 e. The average molecular weight is 517 g/mol.